The Morgan fingerprint density at radius 3 is 2.12 bits per heavy atom. The molecule has 1 aromatic heterocycles. The molecule has 3 fully saturated rings. The Bertz CT molecular complexity index is 3030. The van der Waals surface area contributed by atoms with Crippen molar-refractivity contribution in [1.82, 2.24) is 9.47 Å². The lowest BCUT2D eigenvalue weighted by molar-refractivity contribution is 0.0696. The first-order valence-corrected chi connectivity index (χ1v) is 29.8. The van der Waals surface area contributed by atoms with Gasteiger partial charge in [-0.3, -0.25) is 9.24 Å². The van der Waals surface area contributed by atoms with Gasteiger partial charge in [-0.15, -0.1) is 11.8 Å². The highest BCUT2D eigenvalue weighted by molar-refractivity contribution is 7.99. The van der Waals surface area contributed by atoms with Gasteiger partial charge in [0.15, 0.2) is 9.84 Å². The van der Waals surface area contributed by atoms with E-state index in [1.165, 1.54) is 11.2 Å². The van der Waals surface area contributed by atoms with Crippen LogP contribution in [0.1, 0.15) is 60.8 Å². The van der Waals surface area contributed by atoms with E-state index in [4.69, 9.17) is 16.1 Å². The molecule has 0 amide bonds. The van der Waals surface area contributed by atoms with E-state index >= 15 is 4.57 Å². The van der Waals surface area contributed by atoms with Crippen molar-refractivity contribution in [1.29, 1.82) is 0 Å². The molecule has 0 unspecified atom stereocenters. The third-order valence-corrected chi connectivity index (χ3v) is 19.6. The fourth-order valence-corrected chi connectivity index (χ4v) is 15.2. The third kappa shape index (κ3) is 11.4. The van der Waals surface area contributed by atoms with Gasteiger partial charge in [0.2, 0.25) is 0 Å². The molecule has 3 saturated heterocycles. The van der Waals surface area contributed by atoms with Crippen LogP contribution in [0, 0.1) is 12.8 Å². The van der Waals surface area contributed by atoms with Crippen molar-refractivity contribution >= 4 is 69.1 Å². The molecule has 0 bridgehead atoms. The number of rotatable bonds is 17. The smallest absolute Gasteiger partial charge is 0.338 e. The number of aliphatic hydroxyl groups excluding tert-OH is 1. The van der Waals surface area contributed by atoms with Crippen molar-refractivity contribution in [3.63, 3.8) is 0 Å². The van der Waals surface area contributed by atoms with Crippen LogP contribution < -0.4 is 19.8 Å². The predicted octanol–water partition coefficient (Wildman–Crippen LogP) is 10.9. The Morgan fingerprint density at radius 1 is 0.806 bits per heavy atom. The van der Waals surface area contributed by atoms with Crippen LogP contribution in [-0.4, -0.2) is 111 Å². The summed E-state index contributed by atoms with van der Waals surface area (Å²) in [6, 6.07) is 39.3. The minimum atomic E-state index is -3.70. The van der Waals surface area contributed by atoms with E-state index in [2.05, 4.69) is 57.4 Å². The monoisotopic (exact) mass is 1050 g/mol. The molecule has 0 aliphatic carbocycles. The number of piperidine rings is 1. The minimum Gasteiger partial charge on any atom is -0.478 e. The van der Waals surface area contributed by atoms with Gasteiger partial charge >= 0.3 is 13.5 Å². The molecule has 72 heavy (non-hydrogen) atoms. The normalized spacial score (nSPS) is 18.6. The maximum Gasteiger partial charge on any atom is 0.338 e. The Morgan fingerprint density at radius 2 is 1.47 bits per heavy atom. The zero-order chi connectivity index (χ0) is 50.7. The molecule has 0 spiro atoms. The summed E-state index contributed by atoms with van der Waals surface area (Å²) < 4.78 is 52.1. The van der Waals surface area contributed by atoms with E-state index in [-0.39, 0.29) is 29.6 Å². The lowest BCUT2D eigenvalue weighted by atomic mass is 9.96. The second-order valence-electron chi connectivity index (χ2n) is 19.6. The van der Waals surface area contributed by atoms with Gasteiger partial charge in [-0.05, 0) is 148 Å². The molecule has 3 aliphatic heterocycles. The molecule has 12 nitrogen and oxygen atoms in total. The fourth-order valence-electron chi connectivity index (χ4n) is 10.7. The summed E-state index contributed by atoms with van der Waals surface area (Å²) >= 11 is 8.07. The van der Waals surface area contributed by atoms with Gasteiger partial charge in [-0.2, -0.15) is 0 Å². The van der Waals surface area contributed by atoms with E-state index in [0.29, 0.717) is 40.1 Å². The maximum atomic E-state index is 15.0. The van der Waals surface area contributed by atoms with Gasteiger partial charge in [-0.1, -0.05) is 60.1 Å². The molecule has 0 radical (unpaired) electrons. The van der Waals surface area contributed by atoms with E-state index < -0.39 is 23.3 Å². The summed E-state index contributed by atoms with van der Waals surface area (Å²) in [7, 11) is -7.37. The SMILES string of the molecule is Cc1c(C(=O)O)c(-c2cccc(N3CCN(c4ccc(N5CCO[P@@]5(=O)c5ccc(C[C@H](CCN6CCC(O)CC6)CSc6ccccc6)c(S(C)(=O)=O)c5)cc4)CC3)c2)c(-c2ccc(Cl)cc2)n1C(C)C. The van der Waals surface area contributed by atoms with Crippen molar-refractivity contribution in [2.24, 2.45) is 5.92 Å². The number of benzene rings is 5. The molecule has 4 heterocycles. The molecule has 380 valence electrons. The summed E-state index contributed by atoms with van der Waals surface area (Å²) in [5, 5.41) is 21.6. The number of anilines is 3. The summed E-state index contributed by atoms with van der Waals surface area (Å²) in [6.45, 7) is 12.2. The number of thioether (sulfide) groups is 1. The van der Waals surface area contributed by atoms with E-state index in [9.17, 15) is 23.4 Å². The number of halogens is 1. The van der Waals surface area contributed by atoms with Crippen LogP contribution in [0.2, 0.25) is 5.02 Å². The van der Waals surface area contributed by atoms with Crippen molar-refractivity contribution in [2.45, 2.75) is 68.4 Å². The number of aliphatic hydroxyl groups is 1. The second-order valence-corrected chi connectivity index (χ2v) is 25.4. The maximum absolute atomic E-state index is 15.0. The zero-order valence-electron chi connectivity index (χ0n) is 41.5. The van der Waals surface area contributed by atoms with Crippen molar-refractivity contribution < 1.29 is 32.5 Å². The van der Waals surface area contributed by atoms with Crippen LogP contribution in [0.3, 0.4) is 0 Å². The quantitative estimate of drug-likeness (QED) is 0.0665. The highest BCUT2D eigenvalue weighted by Crippen LogP contribution is 2.56. The number of nitrogens with zero attached hydrogens (tertiary/aromatic N) is 5. The molecule has 0 saturated carbocycles. The third-order valence-electron chi connectivity index (χ3n) is 14.4. The molecule has 9 rings (SSSR count). The van der Waals surface area contributed by atoms with Gasteiger partial charge < -0.3 is 34.0 Å². The van der Waals surface area contributed by atoms with Crippen molar-refractivity contribution in [2.75, 3.05) is 85.4 Å². The molecule has 2 atom stereocenters. The minimum absolute atomic E-state index is 0.0194. The predicted molar refractivity (Wildman–Crippen MR) is 294 cm³/mol. The van der Waals surface area contributed by atoms with Crippen LogP contribution in [0.5, 0.6) is 0 Å². The van der Waals surface area contributed by atoms with Gasteiger partial charge in [0, 0.05) is 95.6 Å². The topological polar surface area (TPSA) is 136 Å². The van der Waals surface area contributed by atoms with Gasteiger partial charge in [0.05, 0.1) is 40.7 Å². The highest BCUT2D eigenvalue weighted by atomic mass is 35.5. The van der Waals surface area contributed by atoms with E-state index in [1.54, 1.807) is 28.6 Å². The lowest BCUT2D eigenvalue weighted by Gasteiger charge is -2.37. The van der Waals surface area contributed by atoms with Crippen LogP contribution in [-0.2, 0) is 25.3 Å². The number of carboxylic acid groups (broad SMARTS) is 1. The summed E-state index contributed by atoms with van der Waals surface area (Å²) in [5.74, 6) is 0.0327. The molecule has 2 N–H and O–H groups in total. The van der Waals surface area contributed by atoms with Gasteiger partial charge in [0.25, 0.3) is 0 Å². The van der Waals surface area contributed by atoms with Crippen LogP contribution in [0.4, 0.5) is 17.1 Å². The molecule has 6 aromatic rings. The number of likely N-dealkylation sites (tertiary alicyclic amines) is 1. The van der Waals surface area contributed by atoms with E-state index in [0.717, 1.165) is 110 Å². The zero-order valence-corrected chi connectivity index (χ0v) is 44.8. The number of piperazine rings is 1. The average Bonchev–Trinajstić information content (AvgIpc) is 3.93. The second kappa shape index (κ2) is 22.2. The standard InChI is InChI=1S/C56H65ClN5O7PS2/c1-39(2)62-40(3)53(56(64)65)54(55(62)42-13-16-45(57)17-14-42)44-9-8-10-48(36-44)60-31-29-59(30-32-60)46-18-20-47(21-19-46)61-33-34-69-70(61,66)50-22-15-43(52(37-50)72(4,67)68)35-41(38-71-51-11-6-5-7-12-51)23-26-58-27-24-49(63)25-28-58/h5-22,36-37,39,41,49,63H,23-35,38H2,1-4H3,(H,64,65)/t41-,70-/m0/s1. The summed E-state index contributed by atoms with van der Waals surface area (Å²) in [6.07, 6.45) is 3.96. The first-order valence-electron chi connectivity index (χ1n) is 25.0. The van der Waals surface area contributed by atoms with Crippen LogP contribution >= 0.6 is 30.9 Å². The number of aromatic carboxylic acids is 1. The Balaban J connectivity index is 0.896. The molecule has 16 heteroatoms. The van der Waals surface area contributed by atoms with Gasteiger partial charge in [-0.25, -0.2) is 13.2 Å². The van der Waals surface area contributed by atoms with E-state index in [1.807, 2.05) is 91.9 Å². The molecule has 5 aromatic carbocycles. The average molecular weight is 1050 g/mol. The number of sulfone groups is 1. The van der Waals surface area contributed by atoms with Crippen LogP contribution in [0.15, 0.2) is 131 Å². The highest BCUT2D eigenvalue weighted by Gasteiger charge is 2.40. The van der Waals surface area contributed by atoms with Crippen LogP contribution in [0.25, 0.3) is 22.4 Å². The Labute approximate surface area is 434 Å². The lowest BCUT2D eigenvalue weighted by Crippen LogP contribution is -2.46. The molecular weight excluding hydrogens is 985 g/mol. The Hall–Kier alpha value is -5.05. The first kappa shape index (κ1) is 51.8. The number of carboxylic acids is 1. The largest absolute Gasteiger partial charge is 0.478 e. The Kier molecular flexibility index (Phi) is 16.0. The van der Waals surface area contributed by atoms with Crippen molar-refractivity contribution in [3.8, 4) is 22.4 Å². The molecule has 3 aliphatic rings. The number of hydrogen-bond donors (Lipinski definition) is 2. The van der Waals surface area contributed by atoms with Crippen molar-refractivity contribution in [3.05, 3.63) is 143 Å². The van der Waals surface area contributed by atoms with Gasteiger partial charge in [0.1, 0.15) is 0 Å². The fraction of sp³-hybridized carbons (Fsp3) is 0.375. The first-order chi connectivity index (χ1) is 34.6. The number of hydrogen-bond acceptors (Lipinski definition) is 10. The summed E-state index contributed by atoms with van der Waals surface area (Å²) in [5.41, 5.74) is 7.79. The molecular formula is C56H65ClN5O7PS2. The number of carbonyl (C=O) groups is 1. The number of aromatic nitrogens is 1. The summed E-state index contributed by atoms with van der Waals surface area (Å²) in [4.78, 5) is 21.4.